The van der Waals surface area contributed by atoms with Crippen molar-refractivity contribution in [1.29, 1.82) is 0 Å². The quantitative estimate of drug-likeness (QED) is 0.168. The maximum Gasteiger partial charge on any atom is 0.165 e. The van der Waals surface area contributed by atoms with E-state index >= 15 is 0 Å². The smallest absolute Gasteiger partial charge is 0.165 e. The summed E-state index contributed by atoms with van der Waals surface area (Å²) in [6.45, 7) is 0. The number of para-hydroxylation sites is 1. The third kappa shape index (κ3) is 5.59. The highest BCUT2D eigenvalue weighted by Crippen LogP contribution is 2.41. The van der Waals surface area contributed by atoms with Gasteiger partial charge < -0.3 is 4.42 Å². The molecule has 0 spiro atoms. The van der Waals surface area contributed by atoms with E-state index in [0.717, 1.165) is 75.5 Å². The molecule has 56 heavy (non-hydrogen) atoms. The Labute approximate surface area is 324 Å². The first kappa shape index (κ1) is 32.0. The first-order valence-corrected chi connectivity index (χ1v) is 19.1. The van der Waals surface area contributed by atoms with Gasteiger partial charge in [0.1, 0.15) is 11.2 Å². The summed E-state index contributed by atoms with van der Waals surface area (Å²) < 4.78 is 8.46. The van der Waals surface area contributed by atoms with Crippen molar-refractivity contribution in [2.75, 3.05) is 0 Å². The highest BCUT2D eigenvalue weighted by Gasteiger charge is 2.19. The maximum absolute atomic E-state index is 6.25. The van der Waals surface area contributed by atoms with Crippen molar-refractivity contribution < 1.29 is 4.42 Å². The monoisotopic (exact) mass is 736 g/mol. The standard InChI is InChI=1S/C48H28N6OS/c1-4-13-29(14-5-1)43-49-44(30-15-6-2-7-16-30)51-47(50-43)33-24-26-36-37-20-12-21-38(42(37)56-41(36)28-33)48-53-45(31-17-8-3-9-18-31)52-46(54-48)32-23-25-35-34-19-10-11-22-39(34)55-40(35)27-32/h1-28H. The first-order chi connectivity index (χ1) is 27.7. The van der Waals surface area contributed by atoms with Crippen LogP contribution in [-0.2, 0) is 0 Å². The van der Waals surface area contributed by atoms with Crippen LogP contribution in [0.1, 0.15) is 0 Å². The molecule has 0 radical (unpaired) electrons. The van der Waals surface area contributed by atoms with Crippen molar-refractivity contribution in [3.63, 3.8) is 0 Å². The van der Waals surface area contributed by atoms with E-state index in [-0.39, 0.29) is 0 Å². The second-order valence-electron chi connectivity index (χ2n) is 13.5. The molecule has 11 rings (SSSR count). The van der Waals surface area contributed by atoms with Crippen LogP contribution in [0.2, 0.25) is 0 Å². The van der Waals surface area contributed by atoms with Crippen LogP contribution in [0.25, 0.3) is 110 Å². The molecule has 0 saturated heterocycles. The van der Waals surface area contributed by atoms with Gasteiger partial charge in [-0.05, 0) is 30.3 Å². The van der Waals surface area contributed by atoms with Gasteiger partial charge >= 0.3 is 0 Å². The summed E-state index contributed by atoms with van der Waals surface area (Å²) in [5, 5.41) is 4.41. The van der Waals surface area contributed by atoms with E-state index in [0.29, 0.717) is 34.9 Å². The van der Waals surface area contributed by atoms with Gasteiger partial charge in [0, 0.05) is 64.3 Å². The normalized spacial score (nSPS) is 11.6. The molecule has 4 heterocycles. The number of thiophene rings is 1. The van der Waals surface area contributed by atoms with Gasteiger partial charge in [0.15, 0.2) is 34.9 Å². The Morgan fingerprint density at radius 3 is 1.39 bits per heavy atom. The Morgan fingerprint density at radius 2 is 0.786 bits per heavy atom. The van der Waals surface area contributed by atoms with Crippen molar-refractivity contribution in [2.45, 2.75) is 0 Å². The van der Waals surface area contributed by atoms with Gasteiger partial charge in [0.2, 0.25) is 0 Å². The summed E-state index contributed by atoms with van der Waals surface area (Å²) >= 11 is 1.71. The Kier molecular flexibility index (Phi) is 7.53. The van der Waals surface area contributed by atoms with Crippen molar-refractivity contribution in [1.82, 2.24) is 29.9 Å². The number of rotatable bonds is 6. The van der Waals surface area contributed by atoms with Crippen LogP contribution in [0.3, 0.4) is 0 Å². The van der Waals surface area contributed by atoms with Crippen molar-refractivity contribution in [3.8, 4) is 68.3 Å². The van der Waals surface area contributed by atoms with Crippen LogP contribution in [0.4, 0.5) is 0 Å². The van der Waals surface area contributed by atoms with Crippen LogP contribution in [0, 0.1) is 0 Å². The SMILES string of the molecule is c1ccc(-c2nc(-c3ccccc3)nc(-c3ccc4c(c3)sc3c(-c5nc(-c6ccccc6)nc(-c6ccc7c(c6)oc6ccccc67)n5)cccc34)n2)cc1. The predicted molar refractivity (Wildman–Crippen MR) is 226 cm³/mol. The summed E-state index contributed by atoms with van der Waals surface area (Å²) in [5.74, 6) is 3.67. The first-order valence-electron chi connectivity index (χ1n) is 18.3. The van der Waals surface area contributed by atoms with Gasteiger partial charge in [0.05, 0.1) is 0 Å². The summed E-state index contributed by atoms with van der Waals surface area (Å²) in [6.07, 6.45) is 0. The zero-order valence-corrected chi connectivity index (χ0v) is 30.5. The lowest BCUT2D eigenvalue weighted by Gasteiger charge is -2.09. The molecule has 11 aromatic rings. The second kappa shape index (κ2) is 13.2. The third-order valence-electron chi connectivity index (χ3n) is 10.0. The van der Waals surface area contributed by atoms with E-state index in [2.05, 4.69) is 54.6 Å². The lowest BCUT2D eigenvalue weighted by molar-refractivity contribution is 0.669. The lowest BCUT2D eigenvalue weighted by atomic mass is 10.1. The van der Waals surface area contributed by atoms with Crippen molar-refractivity contribution in [2.24, 2.45) is 0 Å². The van der Waals surface area contributed by atoms with Gasteiger partial charge in [-0.25, -0.2) is 29.9 Å². The average Bonchev–Trinajstić information content (AvgIpc) is 3.85. The Balaban J connectivity index is 1.06. The number of furan rings is 1. The highest BCUT2D eigenvalue weighted by molar-refractivity contribution is 7.26. The number of hydrogen-bond acceptors (Lipinski definition) is 8. The minimum atomic E-state index is 0.579. The van der Waals surface area contributed by atoms with Gasteiger partial charge in [-0.2, -0.15) is 0 Å². The number of benzene rings is 7. The Bertz CT molecular complexity index is 3200. The fourth-order valence-electron chi connectivity index (χ4n) is 7.26. The fraction of sp³-hybridized carbons (Fsp3) is 0. The molecule has 0 atom stereocenters. The van der Waals surface area contributed by atoms with E-state index < -0.39 is 0 Å². The average molecular weight is 737 g/mol. The topological polar surface area (TPSA) is 90.5 Å². The molecule has 0 amide bonds. The minimum Gasteiger partial charge on any atom is -0.456 e. The number of hydrogen-bond donors (Lipinski definition) is 0. The molecule has 7 aromatic carbocycles. The molecule has 0 N–H and O–H groups in total. The molecule has 0 fully saturated rings. The molecular formula is C48H28N6OS. The molecular weight excluding hydrogens is 709 g/mol. The largest absolute Gasteiger partial charge is 0.456 e. The maximum atomic E-state index is 6.25. The summed E-state index contributed by atoms with van der Waals surface area (Å²) in [5.41, 5.74) is 7.13. The zero-order valence-electron chi connectivity index (χ0n) is 29.7. The molecule has 0 aliphatic carbocycles. The molecule has 0 aliphatic rings. The van der Waals surface area contributed by atoms with E-state index in [1.165, 1.54) is 0 Å². The number of nitrogens with zero attached hydrogens (tertiary/aromatic N) is 6. The van der Waals surface area contributed by atoms with Crippen LogP contribution < -0.4 is 0 Å². The third-order valence-corrected chi connectivity index (χ3v) is 11.2. The van der Waals surface area contributed by atoms with Crippen molar-refractivity contribution >= 4 is 53.4 Å². The van der Waals surface area contributed by atoms with Gasteiger partial charge in [-0.1, -0.05) is 140 Å². The Hall–Kier alpha value is -7.42. The molecule has 0 saturated carbocycles. The molecule has 0 bridgehead atoms. The lowest BCUT2D eigenvalue weighted by Crippen LogP contribution is -2.00. The molecule has 8 heteroatoms. The van der Waals surface area contributed by atoms with Gasteiger partial charge in [-0.3, -0.25) is 0 Å². The van der Waals surface area contributed by atoms with Crippen LogP contribution in [0.15, 0.2) is 174 Å². The fourth-order valence-corrected chi connectivity index (χ4v) is 8.51. The van der Waals surface area contributed by atoms with Gasteiger partial charge in [-0.15, -0.1) is 11.3 Å². The van der Waals surface area contributed by atoms with Gasteiger partial charge in [0.25, 0.3) is 0 Å². The number of aromatic nitrogens is 6. The molecule has 0 unspecified atom stereocenters. The minimum absolute atomic E-state index is 0.579. The summed E-state index contributed by atoms with van der Waals surface area (Å²) in [6, 6.07) is 57.2. The second-order valence-corrected chi connectivity index (χ2v) is 14.6. The van der Waals surface area contributed by atoms with Crippen LogP contribution in [0.5, 0.6) is 0 Å². The number of fused-ring (bicyclic) bond motifs is 6. The van der Waals surface area contributed by atoms with Crippen LogP contribution >= 0.6 is 11.3 Å². The van der Waals surface area contributed by atoms with Crippen LogP contribution in [-0.4, -0.2) is 29.9 Å². The van der Waals surface area contributed by atoms with E-state index in [4.69, 9.17) is 34.3 Å². The van der Waals surface area contributed by atoms with E-state index in [9.17, 15) is 0 Å². The zero-order chi connectivity index (χ0) is 37.0. The van der Waals surface area contributed by atoms with E-state index in [1.54, 1.807) is 11.3 Å². The highest BCUT2D eigenvalue weighted by atomic mass is 32.1. The predicted octanol–water partition coefficient (Wildman–Crippen LogP) is 12.3. The van der Waals surface area contributed by atoms with E-state index in [1.807, 2.05) is 115 Å². The molecule has 262 valence electrons. The molecule has 4 aromatic heterocycles. The summed E-state index contributed by atoms with van der Waals surface area (Å²) in [4.78, 5) is 30.1. The molecule has 0 aliphatic heterocycles. The Morgan fingerprint density at radius 1 is 0.321 bits per heavy atom. The summed E-state index contributed by atoms with van der Waals surface area (Å²) in [7, 11) is 0. The molecule has 7 nitrogen and oxygen atoms in total. The van der Waals surface area contributed by atoms with Crippen molar-refractivity contribution in [3.05, 3.63) is 170 Å².